The van der Waals surface area contributed by atoms with E-state index in [1.807, 2.05) is 25.1 Å². The predicted molar refractivity (Wildman–Crippen MR) is 354 cm³/mol. The molecule has 96 heavy (non-hydrogen) atoms. The molecule has 0 spiro atoms. The Labute approximate surface area is 557 Å². The van der Waals surface area contributed by atoms with E-state index in [4.69, 9.17) is 42.0 Å². The molecule has 3 atom stereocenters. The molecular formula is C67H77ClN12O16. The molecule has 0 saturated heterocycles. The first-order valence-electron chi connectivity index (χ1n) is 31.1. The second-order valence-corrected chi connectivity index (χ2v) is 23.7. The number of phenols is 1. The van der Waals surface area contributed by atoms with Crippen molar-refractivity contribution in [3.63, 3.8) is 0 Å². The van der Waals surface area contributed by atoms with E-state index in [9.17, 15) is 57.8 Å². The fourth-order valence-corrected chi connectivity index (χ4v) is 11.2. The number of alkyl halides is 1. The number of anilines is 3. The molecule has 6 aromatic rings. The van der Waals surface area contributed by atoms with Crippen LogP contribution in [0.1, 0.15) is 95.8 Å². The summed E-state index contributed by atoms with van der Waals surface area (Å²) in [4.78, 5) is 155. The van der Waals surface area contributed by atoms with E-state index in [0.717, 1.165) is 33.6 Å². The fraction of sp³-hybridized carbons (Fsp3) is 0.373. The molecule has 0 bridgehead atoms. The molecule has 2 aromatic heterocycles. The van der Waals surface area contributed by atoms with Crippen molar-refractivity contribution in [2.45, 2.75) is 77.9 Å². The Morgan fingerprint density at radius 3 is 2.28 bits per heavy atom. The van der Waals surface area contributed by atoms with Crippen LogP contribution in [0.5, 0.6) is 11.5 Å². The number of nitrogens with one attached hydrogen (secondary N) is 5. The third-order valence-electron chi connectivity index (χ3n) is 16.1. The number of primary amides is 2. The number of nitrogens with two attached hydrogens (primary N) is 2. The van der Waals surface area contributed by atoms with E-state index < -0.39 is 83.4 Å². The highest BCUT2D eigenvalue weighted by Gasteiger charge is 2.37. The third-order valence-corrected chi connectivity index (χ3v) is 16.5. The maximum absolute atomic E-state index is 14.7. The number of imide groups is 1. The Hall–Kier alpha value is -10.6. The number of likely N-dealkylation sites (N-methyl/N-ethyl adjacent to an activating group) is 1. The normalized spacial score (nSPS) is 13.9. The lowest BCUT2D eigenvalue weighted by Crippen LogP contribution is -2.46. The molecule has 4 heterocycles. The molecule has 10 N–H and O–H groups in total. The van der Waals surface area contributed by atoms with Gasteiger partial charge in [0.1, 0.15) is 36.2 Å². The van der Waals surface area contributed by atoms with Crippen molar-refractivity contribution in [1.29, 1.82) is 0 Å². The van der Waals surface area contributed by atoms with Crippen molar-refractivity contribution < 1.29 is 76.8 Å². The number of amides is 11. The van der Waals surface area contributed by atoms with Crippen molar-refractivity contribution in [2.75, 3.05) is 87.6 Å². The number of halogens is 1. The van der Waals surface area contributed by atoms with Crippen LogP contribution >= 0.6 is 11.6 Å². The lowest BCUT2D eigenvalue weighted by atomic mass is 9.89. The first kappa shape index (κ1) is 71.2. The summed E-state index contributed by atoms with van der Waals surface area (Å²) in [5.41, 5.74) is 14.7. The number of hydrogen-bond donors (Lipinski definition) is 8. The summed E-state index contributed by atoms with van der Waals surface area (Å²) in [6.07, 6.45) is 2.35. The number of H-pyrrole nitrogens is 1. The van der Waals surface area contributed by atoms with Gasteiger partial charge in [0.2, 0.25) is 11.8 Å². The number of aromatic amines is 1. The predicted octanol–water partition coefficient (Wildman–Crippen LogP) is 7.35. The molecule has 0 radical (unpaired) electrons. The van der Waals surface area contributed by atoms with Crippen molar-refractivity contribution in [1.82, 2.24) is 35.3 Å². The van der Waals surface area contributed by atoms with Crippen LogP contribution in [0.25, 0.3) is 21.7 Å². The van der Waals surface area contributed by atoms with Gasteiger partial charge in [0.05, 0.1) is 43.2 Å². The molecule has 0 aliphatic carbocycles. The summed E-state index contributed by atoms with van der Waals surface area (Å²) in [7, 11) is 1.49. The van der Waals surface area contributed by atoms with Crippen LogP contribution in [0, 0.1) is 18.8 Å². The number of Topliss-reactive ketones (excluding diaryl/α,β-unsaturated/α-hetero) is 1. The highest BCUT2D eigenvalue weighted by atomic mass is 35.5. The minimum Gasteiger partial charge on any atom is -0.508 e. The number of aromatic hydroxyl groups is 1. The topological polar surface area (TPSA) is 387 Å². The maximum atomic E-state index is 14.7. The molecule has 0 saturated carbocycles. The van der Waals surface area contributed by atoms with Crippen molar-refractivity contribution in [3.8, 4) is 11.5 Å². The molecule has 4 aromatic carbocycles. The average Bonchev–Trinajstić information content (AvgIpc) is 1.54. The van der Waals surface area contributed by atoms with Gasteiger partial charge >= 0.3 is 24.3 Å². The smallest absolute Gasteiger partial charge is 0.415 e. The summed E-state index contributed by atoms with van der Waals surface area (Å²) >= 11 is 6.66. The van der Waals surface area contributed by atoms with Crippen LogP contribution in [0.2, 0.25) is 0 Å². The SMILES string of the molecule is Cc1cccc2c(OC(=O)N(CCCCC(N)=O)CCN(C)C(=O)OCc3ccc(NC(=O)[C@H](CCCNC(N)=O)CC(=O)[C@@H](NC(=O)OCCOCCN4C(=O)C=CC4=O)C(C)C)cc3)cc3c(c12)[C@H](CCl)CN3C(=O)c1cc2cc(NC(=O)c3ccc(O)cc3)ncc2[nH]1. The Balaban J connectivity index is 0.875. The summed E-state index contributed by atoms with van der Waals surface area (Å²) in [6.45, 7) is 5.34. The lowest BCUT2D eigenvalue weighted by Gasteiger charge is -2.26. The minimum atomic E-state index is -1.04. The van der Waals surface area contributed by atoms with Crippen molar-refractivity contribution >= 4 is 116 Å². The van der Waals surface area contributed by atoms with Crippen molar-refractivity contribution in [2.24, 2.45) is 23.3 Å². The van der Waals surface area contributed by atoms with Crippen LogP contribution in [0.4, 0.5) is 36.4 Å². The zero-order chi connectivity index (χ0) is 69.2. The zero-order valence-electron chi connectivity index (χ0n) is 53.5. The Morgan fingerprint density at radius 2 is 1.58 bits per heavy atom. The summed E-state index contributed by atoms with van der Waals surface area (Å²) in [6, 6.07) is 20.8. The van der Waals surface area contributed by atoms with Gasteiger partial charge in [0, 0.05) is 111 Å². The van der Waals surface area contributed by atoms with Crippen LogP contribution < -0.4 is 42.4 Å². The van der Waals surface area contributed by atoms with Gasteiger partial charge in [-0.15, -0.1) is 11.6 Å². The zero-order valence-corrected chi connectivity index (χ0v) is 54.2. The van der Waals surface area contributed by atoms with Gasteiger partial charge in [-0.2, -0.15) is 0 Å². The summed E-state index contributed by atoms with van der Waals surface area (Å²) in [5.74, 6) is -4.31. The molecule has 2 aliphatic rings. The molecule has 11 amide bonds. The molecule has 29 heteroatoms. The Bertz CT molecular complexity index is 3900. The van der Waals surface area contributed by atoms with Crippen LogP contribution in [0.15, 0.2) is 103 Å². The number of pyridine rings is 1. The number of carbonyl (C=O) groups is 11. The number of benzene rings is 4. The monoisotopic (exact) mass is 1340 g/mol. The van der Waals surface area contributed by atoms with E-state index in [2.05, 4.69) is 31.2 Å². The molecule has 28 nitrogen and oxygen atoms in total. The Morgan fingerprint density at radius 1 is 0.844 bits per heavy atom. The van der Waals surface area contributed by atoms with E-state index in [0.29, 0.717) is 51.6 Å². The molecular weight excluding hydrogens is 1260 g/mol. The first-order valence-corrected chi connectivity index (χ1v) is 31.7. The second kappa shape index (κ2) is 33.5. The van der Waals surface area contributed by atoms with Gasteiger partial charge in [-0.3, -0.25) is 38.5 Å². The van der Waals surface area contributed by atoms with Crippen molar-refractivity contribution in [3.05, 3.63) is 131 Å². The number of fused-ring (bicyclic) bond motifs is 4. The minimum absolute atomic E-state index is 0.0118. The summed E-state index contributed by atoms with van der Waals surface area (Å²) in [5, 5.41) is 22.2. The highest BCUT2D eigenvalue weighted by molar-refractivity contribution is 6.20. The van der Waals surface area contributed by atoms with E-state index in [-0.39, 0.29) is 126 Å². The average molecular weight is 1340 g/mol. The van der Waals surface area contributed by atoms with E-state index in [1.165, 1.54) is 47.3 Å². The molecule has 8 rings (SSSR count). The van der Waals surface area contributed by atoms with Gasteiger partial charge in [0.25, 0.3) is 23.6 Å². The summed E-state index contributed by atoms with van der Waals surface area (Å²) < 4.78 is 22.5. The number of aryl methyl sites for hydroxylation is 1. The fourth-order valence-electron chi connectivity index (χ4n) is 11.0. The van der Waals surface area contributed by atoms with Gasteiger partial charge in [0.15, 0.2) is 5.78 Å². The van der Waals surface area contributed by atoms with E-state index in [1.54, 1.807) is 61.2 Å². The number of aromatic nitrogens is 2. The standard InChI is InChI=1S/C67H77ClN12O16/c1-39(2)60(76-65(90)94-30-29-93-28-27-79-56(84)21-22-57(79)85)52(82)32-43(10-8-23-71-64(70)89)62(87)73-46-17-13-41(14-18-46)38-95-66(91)77(4)25-26-78(24-6-5-12-54(69)83)67(92)96-53-34-51-59(58-40(3)9-7-11-48(53)58)45(35-68)37-80(51)63(88)49-31-44-33-55(72-36-50(44)74-49)75-61(86)42-15-19-47(81)20-16-42/h7,9,11,13-22,31,33-34,36,39,43,45,60,74,81H,5-6,8,10,12,23-30,32,35,37-38H2,1-4H3,(H2,69,83)(H,73,87)(H,76,90)(H3,70,71,89)(H,72,75,86)/t43-,45-,60+/m1/s1. The quantitative estimate of drug-likeness (QED) is 0.0116. The number of hydrogen-bond acceptors (Lipinski definition) is 17. The largest absolute Gasteiger partial charge is 0.508 e. The van der Waals surface area contributed by atoms with Crippen LogP contribution in [0.3, 0.4) is 0 Å². The highest BCUT2D eigenvalue weighted by Crippen LogP contribution is 2.47. The maximum Gasteiger partial charge on any atom is 0.415 e. The number of urea groups is 1. The van der Waals surface area contributed by atoms with Gasteiger partial charge in [-0.25, -0.2) is 24.2 Å². The van der Waals surface area contributed by atoms with Gasteiger partial charge < -0.3 is 76.5 Å². The molecule has 2 aliphatic heterocycles. The number of nitrogens with zero attached hydrogens (tertiary/aromatic N) is 5. The molecule has 508 valence electrons. The first-order chi connectivity index (χ1) is 46.0. The van der Waals surface area contributed by atoms with Crippen LogP contribution in [-0.2, 0) is 44.8 Å². The number of unbranched alkanes of at least 4 members (excludes halogenated alkanes) is 1. The number of alkyl carbamates (subject to hydrolysis) is 1. The molecule has 0 unspecified atom stereocenters. The van der Waals surface area contributed by atoms with Gasteiger partial charge in [-0.05, 0) is 109 Å². The Kier molecular flexibility index (Phi) is 24.8. The lowest BCUT2D eigenvalue weighted by molar-refractivity contribution is -0.137. The van der Waals surface area contributed by atoms with E-state index >= 15 is 0 Å². The number of rotatable bonds is 32. The third kappa shape index (κ3) is 19.0. The number of carbonyl (C=O) groups excluding carboxylic acids is 11. The second-order valence-electron chi connectivity index (χ2n) is 23.4. The van der Waals surface area contributed by atoms with Crippen LogP contribution in [-0.4, -0.2) is 173 Å². The molecule has 0 fully saturated rings. The number of phenolic OH excluding ortho intramolecular Hbond substituents is 1. The number of ketones is 1. The van der Waals surface area contributed by atoms with Gasteiger partial charge in [-0.1, -0.05) is 44.2 Å². The number of ether oxygens (including phenoxy) is 4.